The summed E-state index contributed by atoms with van der Waals surface area (Å²) >= 11 is 1.68. The van der Waals surface area contributed by atoms with Gasteiger partial charge in [0.15, 0.2) is 11.5 Å². The van der Waals surface area contributed by atoms with Crippen molar-refractivity contribution in [1.29, 1.82) is 0 Å². The highest BCUT2D eigenvalue weighted by atomic mass is 32.1. The van der Waals surface area contributed by atoms with E-state index in [9.17, 15) is 4.79 Å². The minimum absolute atomic E-state index is 0.0966. The van der Waals surface area contributed by atoms with Gasteiger partial charge in [0.05, 0.1) is 6.04 Å². The number of nitrogens with one attached hydrogen (secondary N) is 1. The normalized spacial score (nSPS) is 14.0. The third kappa shape index (κ3) is 3.55. The Balaban J connectivity index is 1.69. The van der Waals surface area contributed by atoms with Gasteiger partial charge in [-0.15, -0.1) is 0 Å². The lowest BCUT2D eigenvalue weighted by Gasteiger charge is -2.29. The lowest BCUT2D eigenvalue weighted by atomic mass is 10.1. The first-order chi connectivity index (χ1) is 11.7. The van der Waals surface area contributed by atoms with Gasteiger partial charge in [-0.3, -0.25) is 9.69 Å². The maximum Gasteiger partial charge on any atom is 0.251 e. The summed E-state index contributed by atoms with van der Waals surface area (Å²) in [5.41, 5.74) is 1.83. The Kier molecular flexibility index (Phi) is 5.37. The number of carbonyl (C=O) groups excluding carboxylic acids is 1. The van der Waals surface area contributed by atoms with Gasteiger partial charge < -0.3 is 14.8 Å². The van der Waals surface area contributed by atoms with Gasteiger partial charge in [0, 0.05) is 12.1 Å². The lowest BCUT2D eigenvalue weighted by molar-refractivity contribution is 0.0934. The highest BCUT2D eigenvalue weighted by molar-refractivity contribution is 7.07. The van der Waals surface area contributed by atoms with Crippen molar-refractivity contribution in [2.45, 2.75) is 19.9 Å². The smallest absolute Gasteiger partial charge is 0.251 e. The molecular weight excluding hydrogens is 324 g/mol. The first-order valence-electron chi connectivity index (χ1n) is 8.17. The topological polar surface area (TPSA) is 50.8 Å². The van der Waals surface area contributed by atoms with Crippen molar-refractivity contribution in [3.8, 4) is 11.5 Å². The van der Waals surface area contributed by atoms with Gasteiger partial charge >= 0.3 is 0 Å². The lowest BCUT2D eigenvalue weighted by Crippen LogP contribution is -2.37. The number of amides is 1. The van der Waals surface area contributed by atoms with Crippen molar-refractivity contribution in [1.82, 2.24) is 10.2 Å². The van der Waals surface area contributed by atoms with Crippen LogP contribution in [0.1, 0.15) is 35.8 Å². The van der Waals surface area contributed by atoms with Crippen LogP contribution >= 0.6 is 11.3 Å². The minimum Gasteiger partial charge on any atom is -0.454 e. The van der Waals surface area contributed by atoms with Crippen LogP contribution in [0.25, 0.3) is 0 Å². The molecule has 0 bridgehead atoms. The van der Waals surface area contributed by atoms with E-state index < -0.39 is 0 Å². The standard InChI is InChI=1S/C18H22N2O3S/c1-3-20(4-2)15(14-7-8-24-11-14)10-19-18(21)13-5-6-16-17(9-13)23-12-22-16/h5-9,11,15H,3-4,10,12H2,1-2H3,(H,19,21)/t15-/m1/s1. The van der Waals surface area contributed by atoms with E-state index in [4.69, 9.17) is 9.47 Å². The quantitative estimate of drug-likeness (QED) is 0.836. The van der Waals surface area contributed by atoms with Gasteiger partial charge in [-0.1, -0.05) is 13.8 Å². The van der Waals surface area contributed by atoms with Crippen molar-refractivity contribution in [3.63, 3.8) is 0 Å². The second-order valence-electron chi connectivity index (χ2n) is 5.57. The van der Waals surface area contributed by atoms with Crippen LogP contribution in [0.2, 0.25) is 0 Å². The Labute approximate surface area is 146 Å². The monoisotopic (exact) mass is 346 g/mol. The second-order valence-corrected chi connectivity index (χ2v) is 6.35. The summed E-state index contributed by atoms with van der Waals surface area (Å²) in [5.74, 6) is 1.22. The molecule has 24 heavy (non-hydrogen) atoms. The number of rotatable bonds is 7. The number of thiophene rings is 1. The first kappa shape index (κ1) is 16.8. The third-order valence-electron chi connectivity index (χ3n) is 4.27. The molecule has 1 atom stereocenters. The van der Waals surface area contributed by atoms with Crippen LogP contribution in [-0.2, 0) is 0 Å². The van der Waals surface area contributed by atoms with E-state index in [0.29, 0.717) is 23.6 Å². The molecular formula is C18H22N2O3S. The number of hydrogen-bond donors (Lipinski definition) is 1. The van der Waals surface area contributed by atoms with Crippen LogP contribution < -0.4 is 14.8 Å². The van der Waals surface area contributed by atoms with E-state index in [1.807, 2.05) is 0 Å². The molecule has 2 heterocycles. The van der Waals surface area contributed by atoms with Crippen molar-refractivity contribution >= 4 is 17.2 Å². The summed E-state index contributed by atoms with van der Waals surface area (Å²) < 4.78 is 10.6. The molecule has 128 valence electrons. The average Bonchev–Trinajstić information content (AvgIpc) is 3.28. The predicted molar refractivity (Wildman–Crippen MR) is 94.9 cm³/mol. The third-order valence-corrected chi connectivity index (χ3v) is 4.97. The van der Waals surface area contributed by atoms with E-state index in [-0.39, 0.29) is 18.7 Å². The maximum atomic E-state index is 12.5. The highest BCUT2D eigenvalue weighted by Gasteiger charge is 2.21. The molecule has 3 rings (SSSR count). The Morgan fingerprint density at radius 1 is 1.25 bits per heavy atom. The molecule has 1 amide bonds. The van der Waals surface area contributed by atoms with E-state index in [2.05, 4.69) is 40.9 Å². The van der Waals surface area contributed by atoms with E-state index in [0.717, 1.165) is 13.1 Å². The zero-order chi connectivity index (χ0) is 16.9. The largest absolute Gasteiger partial charge is 0.454 e. The van der Waals surface area contributed by atoms with Crippen LogP contribution in [0.15, 0.2) is 35.0 Å². The summed E-state index contributed by atoms with van der Waals surface area (Å²) in [6, 6.07) is 7.58. The molecule has 1 aliphatic heterocycles. The molecule has 6 heteroatoms. The van der Waals surface area contributed by atoms with E-state index in [1.165, 1.54) is 5.56 Å². The highest BCUT2D eigenvalue weighted by Crippen LogP contribution is 2.32. The summed E-state index contributed by atoms with van der Waals surface area (Å²) in [6.45, 7) is 6.95. The number of nitrogens with zero attached hydrogens (tertiary/aromatic N) is 1. The fourth-order valence-corrected chi connectivity index (χ4v) is 3.62. The average molecular weight is 346 g/mol. The molecule has 0 saturated heterocycles. The number of benzene rings is 1. The zero-order valence-electron chi connectivity index (χ0n) is 14.0. The Bertz CT molecular complexity index is 684. The van der Waals surface area contributed by atoms with E-state index in [1.54, 1.807) is 29.5 Å². The zero-order valence-corrected chi connectivity index (χ0v) is 14.8. The SMILES string of the molecule is CCN(CC)[C@H](CNC(=O)c1ccc2c(c1)OCO2)c1ccsc1. The fourth-order valence-electron chi connectivity index (χ4n) is 2.92. The van der Waals surface area contributed by atoms with Crippen LogP contribution in [0.5, 0.6) is 11.5 Å². The minimum atomic E-state index is -0.0966. The molecule has 0 aliphatic carbocycles. The molecule has 1 aromatic heterocycles. The summed E-state index contributed by atoms with van der Waals surface area (Å²) in [5, 5.41) is 7.28. The second kappa shape index (κ2) is 7.68. The molecule has 1 N–H and O–H groups in total. The van der Waals surface area contributed by atoms with Crippen LogP contribution in [0, 0.1) is 0 Å². The number of carbonyl (C=O) groups is 1. The molecule has 1 aliphatic rings. The molecule has 0 unspecified atom stereocenters. The number of ether oxygens (including phenoxy) is 2. The van der Waals surface area contributed by atoms with E-state index >= 15 is 0 Å². The summed E-state index contributed by atoms with van der Waals surface area (Å²) in [6.07, 6.45) is 0. The Morgan fingerprint density at radius 3 is 2.75 bits per heavy atom. The summed E-state index contributed by atoms with van der Waals surface area (Å²) in [7, 11) is 0. The van der Waals surface area contributed by atoms with Crippen molar-refractivity contribution in [3.05, 3.63) is 46.2 Å². The van der Waals surface area contributed by atoms with Gasteiger partial charge in [-0.2, -0.15) is 11.3 Å². The Hall–Kier alpha value is -2.05. The maximum absolute atomic E-state index is 12.5. The van der Waals surface area contributed by atoms with Crippen LogP contribution in [0.3, 0.4) is 0 Å². The molecule has 1 aromatic carbocycles. The summed E-state index contributed by atoms with van der Waals surface area (Å²) in [4.78, 5) is 14.8. The molecule has 0 spiro atoms. The number of likely N-dealkylation sites (N-methyl/N-ethyl adjacent to an activating group) is 1. The van der Waals surface area contributed by atoms with Crippen molar-refractivity contribution in [2.75, 3.05) is 26.4 Å². The van der Waals surface area contributed by atoms with Crippen LogP contribution in [0.4, 0.5) is 0 Å². The van der Waals surface area contributed by atoms with Gasteiger partial charge in [-0.25, -0.2) is 0 Å². The van der Waals surface area contributed by atoms with Gasteiger partial charge in [0.2, 0.25) is 6.79 Å². The van der Waals surface area contributed by atoms with Gasteiger partial charge in [-0.05, 0) is 53.7 Å². The first-order valence-corrected chi connectivity index (χ1v) is 9.11. The predicted octanol–water partition coefficient (Wildman–Crippen LogP) is 3.29. The van der Waals surface area contributed by atoms with Crippen LogP contribution in [-0.4, -0.2) is 37.2 Å². The van der Waals surface area contributed by atoms with Gasteiger partial charge in [0.1, 0.15) is 0 Å². The molecule has 0 saturated carbocycles. The Morgan fingerprint density at radius 2 is 2.04 bits per heavy atom. The molecule has 0 radical (unpaired) electrons. The molecule has 2 aromatic rings. The van der Waals surface area contributed by atoms with Crippen molar-refractivity contribution in [2.24, 2.45) is 0 Å². The molecule has 5 nitrogen and oxygen atoms in total. The number of fused-ring (bicyclic) bond motifs is 1. The number of hydrogen-bond acceptors (Lipinski definition) is 5. The molecule has 0 fully saturated rings. The van der Waals surface area contributed by atoms with Gasteiger partial charge in [0.25, 0.3) is 5.91 Å². The fraction of sp³-hybridized carbons (Fsp3) is 0.389. The van der Waals surface area contributed by atoms with Crippen molar-refractivity contribution < 1.29 is 14.3 Å².